The Bertz CT molecular complexity index is 359. The fourth-order valence-corrected chi connectivity index (χ4v) is 1.69. The van der Waals surface area contributed by atoms with Crippen molar-refractivity contribution in [1.29, 1.82) is 0 Å². The van der Waals surface area contributed by atoms with Crippen molar-refractivity contribution in [3.8, 4) is 0 Å². The number of amidine groups is 1. The van der Waals surface area contributed by atoms with E-state index >= 15 is 0 Å². The van der Waals surface area contributed by atoms with Crippen LogP contribution in [0, 0.1) is 0 Å². The molecule has 0 amide bonds. The number of nitrogens with zero attached hydrogens (tertiary/aromatic N) is 2. The first-order valence-corrected chi connectivity index (χ1v) is 5.51. The summed E-state index contributed by atoms with van der Waals surface area (Å²) in [6.45, 7) is 0. The summed E-state index contributed by atoms with van der Waals surface area (Å²) >= 11 is 0. The minimum Gasteiger partial charge on any atom is -0.388 e. The largest absolute Gasteiger partial charge is 0.388 e. The molecule has 0 aliphatic heterocycles. The summed E-state index contributed by atoms with van der Waals surface area (Å²) in [5.41, 5.74) is 2.48. The highest BCUT2D eigenvalue weighted by Gasteiger charge is 2.11. The van der Waals surface area contributed by atoms with E-state index in [1.54, 1.807) is 0 Å². The maximum atomic E-state index is 3.13. The summed E-state index contributed by atoms with van der Waals surface area (Å²) in [4.78, 5) is 2.16. The first kappa shape index (κ1) is 12.6. The van der Waals surface area contributed by atoms with Crippen LogP contribution in [-0.4, -0.2) is 50.5 Å². The summed E-state index contributed by atoms with van der Waals surface area (Å²) in [6.07, 6.45) is 0.962. The second-order valence-corrected chi connectivity index (χ2v) is 4.33. The maximum absolute atomic E-state index is 3.13. The van der Waals surface area contributed by atoms with Gasteiger partial charge < -0.3 is 5.32 Å². The molecule has 3 nitrogen and oxygen atoms in total. The lowest BCUT2D eigenvalue weighted by atomic mass is 10.1. The second-order valence-electron chi connectivity index (χ2n) is 4.33. The van der Waals surface area contributed by atoms with E-state index < -0.39 is 0 Å². The van der Waals surface area contributed by atoms with Gasteiger partial charge in [0.15, 0.2) is 0 Å². The van der Waals surface area contributed by atoms with Gasteiger partial charge in [0, 0.05) is 12.7 Å². The second kappa shape index (κ2) is 5.54. The number of nitrogens with one attached hydrogen (secondary N) is 1. The van der Waals surface area contributed by atoms with Crippen LogP contribution < -0.4 is 5.32 Å². The first-order valence-electron chi connectivity index (χ1n) is 5.51. The third-order valence-corrected chi connectivity index (χ3v) is 2.64. The maximum Gasteiger partial charge on any atom is 0.250 e. The summed E-state index contributed by atoms with van der Waals surface area (Å²) < 4.78 is 2.16. The van der Waals surface area contributed by atoms with E-state index in [0.717, 1.165) is 12.1 Å². The minimum atomic E-state index is 0.962. The lowest BCUT2D eigenvalue weighted by Crippen LogP contribution is -2.31. The Kier molecular flexibility index (Phi) is 4.35. The van der Waals surface area contributed by atoms with E-state index in [4.69, 9.17) is 0 Å². The molecule has 0 atom stereocenters. The van der Waals surface area contributed by atoms with Crippen molar-refractivity contribution in [2.45, 2.75) is 6.42 Å². The number of hydrogen-bond donors (Lipinski definition) is 1. The first-order chi connectivity index (χ1) is 7.54. The fraction of sp³-hybridized carbons (Fsp3) is 0.462. The summed E-state index contributed by atoms with van der Waals surface area (Å²) in [7, 11) is 10.3. The number of rotatable bonds is 3. The van der Waals surface area contributed by atoms with Gasteiger partial charge in [-0.15, -0.1) is 0 Å². The van der Waals surface area contributed by atoms with E-state index in [9.17, 15) is 0 Å². The standard InChI is InChI=1S/C13H22N3/c1-14-12-8-6-11(7-9-12)10-13(15(2)3)16(4)5/h6-9,14H,10H2,1-5H3/q+1. The van der Waals surface area contributed by atoms with Crippen LogP contribution in [0.3, 0.4) is 0 Å². The molecule has 1 aromatic rings. The number of hydrogen-bond acceptors (Lipinski definition) is 1. The molecular formula is C13H22N3+. The molecule has 0 aliphatic rings. The Morgan fingerprint density at radius 1 is 1.19 bits per heavy atom. The zero-order valence-corrected chi connectivity index (χ0v) is 10.9. The smallest absolute Gasteiger partial charge is 0.250 e. The summed E-state index contributed by atoms with van der Waals surface area (Å²) in [6, 6.07) is 8.55. The van der Waals surface area contributed by atoms with Gasteiger partial charge in [-0.2, -0.15) is 0 Å². The van der Waals surface area contributed by atoms with Crippen LogP contribution in [0.15, 0.2) is 24.3 Å². The van der Waals surface area contributed by atoms with Crippen LogP contribution in [0.2, 0.25) is 0 Å². The Balaban J connectivity index is 2.83. The van der Waals surface area contributed by atoms with Crippen LogP contribution >= 0.6 is 0 Å². The SMILES string of the molecule is CNc1ccc(CC(N(C)C)=[N+](C)C)cc1. The molecule has 1 rings (SSSR count). The Morgan fingerprint density at radius 2 is 1.75 bits per heavy atom. The predicted octanol–water partition coefficient (Wildman–Crippen LogP) is 1.50. The van der Waals surface area contributed by atoms with Crippen LogP contribution in [0.4, 0.5) is 5.69 Å². The highest BCUT2D eigenvalue weighted by molar-refractivity contribution is 5.79. The van der Waals surface area contributed by atoms with Crippen molar-refractivity contribution >= 4 is 11.5 Å². The molecule has 0 aliphatic carbocycles. The number of benzene rings is 1. The molecule has 0 aromatic heterocycles. The normalized spacial score (nSPS) is 9.81. The van der Waals surface area contributed by atoms with Gasteiger partial charge in [0.1, 0.15) is 0 Å². The van der Waals surface area contributed by atoms with E-state index in [0.29, 0.717) is 0 Å². The fourth-order valence-electron chi connectivity index (χ4n) is 1.69. The zero-order valence-electron chi connectivity index (χ0n) is 10.9. The average Bonchev–Trinajstić information content (AvgIpc) is 2.25. The highest BCUT2D eigenvalue weighted by atomic mass is 15.2. The van der Waals surface area contributed by atoms with Gasteiger partial charge in [-0.3, -0.25) is 9.48 Å². The molecule has 0 spiro atoms. The third-order valence-electron chi connectivity index (χ3n) is 2.64. The van der Waals surface area contributed by atoms with Gasteiger partial charge in [-0.05, 0) is 17.7 Å². The molecule has 0 fully saturated rings. The Labute approximate surface area is 98.4 Å². The van der Waals surface area contributed by atoms with Crippen molar-refractivity contribution < 1.29 is 4.58 Å². The highest BCUT2D eigenvalue weighted by Crippen LogP contribution is 2.09. The Hall–Kier alpha value is -1.51. The van der Waals surface area contributed by atoms with Gasteiger partial charge in [0.05, 0.1) is 34.6 Å². The lowest BCUT2D eigenvalue weighted by Gasteiger charge is -2.11. The molecule has 1 N–H and O–H groups in total. The molecule has 0 saturated heterocycles. The molecule has 0 bridgehead atoms. The average molecular weight is 220 g/mol. The van der Waals surface area contributed by atoms with Gasteiger partial charge >= 0.3 is 0 Å². The van der Waals surface area contributed by atoms with E-state index in [-0.39, 0.29) is 0 Å². The molecule has 3 heteroatoms. The van der Waals surface area contributed by atoms with Gasteiger partial charge in [0.25, 0.3) is 0 Å². The van der Waals surface area contributed by atoms with Crippen molar-refractivity contribution in [3.63, 3.8) is 0 Å². The van der Waals surface area contributed by atoms with E-state index in [1.165, 1.54) is 11.4 Å². The molecular weight excluding hydrogens is 198 g/mol. The molecule has 0 saturated carbocycles. The van der Waals surface area contributed by atoms with Crippen molar-refractivity contribution in [3.05, 3.63) is 29.8 Å². The van der Waals surface area contributed by atoms with Crippen LogP contribution in [0.25, 0.3) is 0 Å². The monoisotopic (exact) mass is 220 g/mol. The predicted molar refractivity (Wildman–Crippen MR) is 70.5 cm³/mol. The third kappa shape index (κ3) is 3.26. The van der Waals surface area contributed by atoms with E-state index in [1.807, 2.05) is 7.05 Å². The van der Waals surface area contributed by atoms with Crippen molar-refractivity contribution in [1.82, 2.24) is 4.90 Å². The summed E-state index contributed by atoms with van der Waals surface area (Å²) in [5.74, 6) is 1.30. The quantitative estimate of drug-likeness (QED) is 0.473. The van der Waals surface area contributed by atoms with E-state index in [2.05, 4.69) is 67.2 Å². The van der Waals surface area contributed by atoms with Crippen molar-refractivity contribution in [2.75, 3.05) is 40.6 Å². The minimum absolute atomic E-state index is 0.962. The Morgan fingerprint density at radius 3 is 2.12 bits per heavy atom. The molecule has 16 heavy (non-hydrogen) atoms. The van der Waals surface area contributed by atoms with Gasteiger partial charge in [0.2, 0.25) is 5.84 Å². The summed E-state index contributed by atoms with van der Waals surface area (Å²) in [5, 5.41) is 3.13. The zero-order chi connectivity index (χ0) is 12.1. The molecule has 0 heterocycles. The van der Waals surface area contributed by atoms with Crippen LogP contribution in [0.1, 0.15) is 5.56 Å². The number of anilines is 1. The number of likely N-dealkylation sites (N-methyl/N-ethyl adjacent to an activating group) is 1. The van der Waals surface area contributed by atoms with Crippen LogP contribution in [0.5, 0.6) is 0 Å². The lowest BCUT2D eigenvalue weighted by molar-refractivity contribution is -0.470. The molecule has 1 aromatic carbocycles. The molecule has 0 radical (unpaired) electrons. The van der Waals surface area contributed by atoms with Crippen LogP contribution in [-0.2, 0) is 6.42 Å². The van der Waals surface area contributed by atoms with Gasteiger partial charge in [-0.1, -0.05) is 12.1 Å². The topological polar surface area (TPSA) is 18.3 Å². The van der Waals surface area contributed by atoms with Crippen molar-refractivity contribution in [2.24, 2.45) is 0 Å². The van der Waals surface area contributed by atoms with Gasteiger partial charge in [-0.25, -0.2) is 0 Å². The molecule has 0 unspecified atom stereocenters. The molecule has 88 valence electrons.